The Bertz CT molecular complexity index is 792. The molecular weight excluding hydrogens is 378 g/mol. The summed E-state index contributed by atoms with van der Waals surface area (Å²) in [5.41, 5.74) is 1.54. The maximum atomic E-state index is 12.4. The lowest BCUT2D eigenvalue weighted by molar-refractivity contribution is -0.152. The fourth-order valence-corrected chi connectivity index (χ4v) is 2.87. The molecule has 0 aromatic heterocycles. The summed E-state index contributed by atoms with van der Waals surface area (Å²) in [7, 11) is 1.51. The van der Waals surface area contributed by atoms with E-state index < -0.39 is 30.4 Å². The first-order chi connectivity index (χ1) is 13.7. The van der Waals surface area contributed by atoms with Crippen LogP contribution in [-0.4, -0.2) is 50.6 Å². The van der Waals surface area contributed by atoms with Crippen molar-refractivity contribution in [2.24, 2.45) is 11.8 Å². The fraction of sp³-hybridized carbons (Fsp3) is 0.500. The molecule has 0 unspecified atom stereocenters. The van der Waals surface area contributed by atoms with E-state index in [1.807, 2.05) is 32.9 Å². The van der Waals surface area contributed by atoms with E-state index in [4.69, 9.17) is 9.47 Å². The molecule has 9 heteroatoms. The molecule has 0 radical (unpaired) electrons. The van der Waals surface area contributed by atoms with Crippen molar-refractivity contribution in [2.45, 2.75) is 27.2 Å². The number of carbonyl (C=O) groups excluding carboxylic acids is 4. The number of ether oxygens (including phenoxy) is 2. The smallest absolute Gasteiger partial charge is 0.321 e. The molecule has 1 fully saturated rings. The molecule has 1 saturated heterocycles. The van der Waals surface area contributed by atoms with E-state index in [1.54, 1.807) is 6.07 Å². The van der Waals surface area contributed by atoms with Gasteiger partial charge < -0.3 is 19.7 Å². The highest BCUT2D eigenvalue weighted by Crippen LogP contribution is 2.34. The summed E-state index contributed by atoms with van der Waals surface area (Å²) in [6.45, 7) is 5.69. The van der Waals surface area contributed by atoms with Crippen LogP contribution in [0.15, 0.2) is 18.2 Å². The molecule has 1 heterocycles. The van der Waals surface area contributed by atoms with Gasteiger partial charge in [-0.1, -0.05) is 19.9 Å². The number of carbonyl (C=O) groups is 4. The lowest BCUT2D eigenvalue weighted by Gasteiger charge is -2.20. The van der Waals surface area contributed by atoms with Crippen LogP contribution in [0.3, 0.4) is 0 Å². The van der Waals surface area contributed by atoms with Crippen LogP contribution in [0.4, 0.5) is 10.5 Å². The normalized spacial score (nSPS) is 16.0. The Morgan fingerprint density at radius 2 is 2.00 bits per heavy atom. The van der Waals surface area contributed by atoms with Gasteiger partial charge in [0.15, 0.2) is 6.61 Å². The number of anilines is 1. The van der Waals surface area contributed by atoms with Gasteiger partial charge in [0.05, 0.1) is 18.7 Å². The summed E-state index contributed by atoms with van der Waals surface area (Å²) < 4.78 is 10.3. The molecule has 158 valence electrons. The second-order valence-electron chi connectivity index (χ2n) is 7.34. The van der Waals surface area contributed by atoms with Gasteiger partial charge in [-0.05, 0) is 30.5 Å². The molecule has 0 saturated carbocycles. The predicted molar refractivity (Wildman–Crippen MR) is 106 cm³/mol. The largest absolute Gasteiger partial charge is 0.495 e. The van der Waals surface area contributed by atoms with Gasteiger partial charge in [-0.25, -0.2) is 4.79 Å². The number of nitrogens with zero attached hydrogens (tertiary/aromatic N) is 1. The van der Waals surface area contributed by atoms with Gasteiger partial charge in [-0.15, -0.1) is 0 Å². The van der Waals surface area contributed by atoms with Crippen LogP contribution >= 0.6 is 0 Å². The lowest BCUT2D eigenvalue weighted by Crippen LogP contribution is -2.42. The van der Waals surface area contributed by atoms with E-state index in [-0.39, 0.29) is 24.8 Å². The summed E-state index contributed by atoms with van der Waals surface area (Å²) in [5, 5.41) is 4.61. The summed E-state index contributed by atoms with van der Waals surface area (Å²) in [5.74, 6) is -1.55. The highest BCUT2D eigenvalue weighted by Gasteiger charge is 2.37. The molecule has 0 spiro atoms. The topological polar surface area (TPSA) is 114 Å². The zero-order valence-electron chi connectivity index (χ0n) is 17.1. The van der Waals surface area contributed by atoms with Crippen molar-refractivity contribution in [2.75, 3.05) is 31.7 Å². The number of rotatable bonds is 7. The summed E-state index contributed by atoms with van der Waals surface area (Å²) in [6, 6.07) is 4.80. The molecule has 4 amide bonds. The molecule has 29 heavy (non-hydrogen) atoms. The summed E-state index contributed by atoms with van der Waals surface area (Å²) >= 11 is 0. The lowest BCUT2D eigenvalue weighted by atomic mass is 10.1. The van der Waals surface area contributed by atoms with Gasteiger partial charge in [0.1, 0.15) is 5.75 Å². The van der Waals surface area contributed by atoms with Gasteiger partial charge in [0, 0.05) is 19.5 Å². The van der Waals surface area contributed by atoms with Crippen LogP contribution in [0.5, 0.6) is 5.75 Å². The number of amides is 4. The van der Waals surface area contributed by atoms with E-state index in [2.05, 4.69) is 10.6 Å². The molecule has 1 aromatic carbocycles. The maximum absolute atomic E-state index is 12.4. The van der Waals surface area contributed by atoms with Crippen molar-refractivity contribution in [1.29, 1.82) is 0 Å². The van der Waals surface area contributed by atoms with Crippen LogP contribution in [0, 0.1) is 18.8 Å². The van der Waals surface area contributed by atoms with Crippen molar-refractivity contribution < 1.29 is 28.7 Å². The minimum atomic E-state index is -0.735. The van der Waals surface area contributed by atoms with Gasteiger partial charge in [-0.3, -0.25) is 19.7 Å². The standard InChI is InChI=1S/C20H27N3O6/c1-12(2)9-21-20(27)22-17(24)11-29-19(26)14-8-18(25)23(10-14)15-7-13(3)5-6-16(15)28-4/h5-7,12,14H,8-11H2,1-4H3,(H2,21,22,24,27)/t14-/m0/s1. The minimum absolute atomic E-state index is 0.0214. The molecule has 0 bridgehead atoms. The first-order valence-electron chi connectivity index (χ1n) is 9.40. The maximum Gasteiger partial charge on any atom is 0.321 e. The van der Waals surface area contributed by atoms with Crippen molar-refractivity contribution >= 4 is 29.5 Å². The van der Waals surface area contributed by atoms with E-state index >= 15 is 0 Å². The van der Waals surface area contributed by atoms with E-state index in [0.29, 0.717) is 18.0 Å². The molecular formula is C20H27N3O6. The number of benzene rings is 1. The third kappa shape index (κ3) is 6.20. The monoisotopic (exact) mass is 405 g/mol. The minimum Gasteiger partial charge on any atom is -0.495 e. The molecule has 2 rings (SSSR count). The quantitative estimate of drug-likeness (QED) is 0.663. The zero-order chi connectivity index (χ0) is 21.6. The van der Waals surface area contributed by atoms with Crippen LogP contribution in [0.2, 0.25) is 0 Å². The second-order valence-corrected chi connectivity index (χ2v) is 7.34. The Labute approximate surface area is 169 Å². The molecule has 9 nitrogen and oxygen atoms in total. The number of urea groups is 1. The molecule has 1 aliphatic rings. The first kappa shape index (κ1) is 22.2. The number of aryl methyl sites for hydroxylation is 1. The number of imide groups is 1. The first-order valence-corrected chi connectivity index (χ1v) is 9.40. The van der Waals surface area contributed by atoms with E-state index in [1.165, 1.54) is 12.0 Å². The second kappa shape index (κ2) is 9.90. The number of hydrogen-bond donors (Lipinski definition) is 2. The summed E-state index contributed by atoms with van der Waals surface area (Å²) in [6.07, 6.45) is -0.0214. The predicted octanol–water partition coefficient (Wildman–Crippen LogP) is 1.38. The van der Waals surface area contributed by atoms with Crippen LogP contribution in [-0.2, 0) is 19.1 Å². The molecule has 0 aliphatic carbocycles. The Kier molecular flexibility index (Phi) is 7.58. The Hall–Kier alpha value is -3.10. The Balaban J connectivity index is 1.88. The van der Waals surface area contributed by atoms with Gasteiger partial charge in [-0.2, -0.15) is 0 Å². The fourth-order valence-electron chi connectivity index (χ4n) is 2.87. The van der Waals surface area contributed by atoms with Crippen molar-refractivity contribution in [3.63, 3.8) is 0 Å². The molecule has 1 aromatic rings. The number of esters is 1. The average Bonchev–Trinajstić information content (AvgIpc) is 3.06. The number of hydrogen-bond acceptors (Lipinski definition) is 6. The van der Waals surface area contributed by atoms with Crippen molar-refractivity contribution in [1.82, 2.24) is 10.6 Å². The SMILES string of the molecule is COc1ccc(C)cc1N1C[C@@H](C(=O)OCC(=O)NC(=O)NCC(C)C)CC1=O. The summed E-state index contributed by atoms with van der Waals surface area (Å²) in [4.78, 5) is 49.5. The van der Waals surface area contributed by atoms with Gasteiger partial charge in [0.2, 0.25) is 5.91 Å². The third-order valence-corrected chi connectivity index (χ3v) is 4.35. The molecule has 1 atom stereocenters. The molecule has 1 aliphatic heterocycles. The van der Waals surface area contributed by atoms with E-state index in [0.717, 1.165) is 5.56 Å². The van der Waals surface area contributed by atoms with Gasteiger partial charge >= 0.3 is 12.0 Å². The number of nitrogens with one attached hydrogen (secondary N) is 2. The van der Waals surface area contributed by atoms with Gasteiger partial charge in [0.25, 0.3) is 5.91 Å². The van der Waals surface area contributed by atoms with Crippen LogP contribution in [0.25, 0.3) is 0 Å². The highest BCUT2D eigenvalue weighted by molar-refractivity contribution is 6.01. The number of methoxy groups -OCH3 is 1. The van der Waals surface area contributed by atoms with E-state index in [9.17, 15) is 19.2 Å². The third-order valence-electron chi connectivity index (χ3n) is 4.35. The van der Waals surface area contributed by atoms with Crippen LogP contribution in [0.1, 0.15) is 25.8 Å². The van der Waals surface area contributed by atoms with Crippen molar-refractivity contribution in [3.8, 4) is 5.75 Å². The van der Waals surface area contributed by atoms with Crippen molar-refractivity contribution in [3.05, 3.63) is 23.8 Å². The Morgan fingerprint density at radius 1 is 1.28 bits per heavy atom. The molecule has 2 N–H and O–H groups in total. The van der Waals surface area contributed by atoms with Crippen LogP contribution < -0.4 is 20.3 Å². The Morgan fingerprint density at radius 3 is 2.66 bits per heavy atom. The highest BCUT2D eigenvalue weighted by atomic mass is 16.5. The zero-order valence-corrected chi connectivity index (χ0v) is 17.1. The average molecular weight is 405 g/mol.